The first-order valence-corrected chi connectivity index (χ1v) is 38.2. The molecule has 84 heavy (non-hydrogen) atoms. The average molecular weight is 1180 g/mol. The summed E-state index contributed by atoms with van der Waals surface area (Å²) in [5, 5.41) is 23.4. The molecule has 0 saturated carbocycles. The minimum atomic E-state index is -0.665. The molecule has 0 aliphatic carbocycles. The van der Waals surface area contributed by atoms with Crippen LogP contribution >= 0.6 is 0 Å². The number of nitrogens with one attached hydrogen (secondary N) is 1. The smallest absolute Gasteiger partial charge is 0.305 e. The molecule has 496 valence electrons. The van der Waals surface area contributed by atoms with Gasteiger partial charge in [0, 0.05) is 12.8 Å². The third-order valence-electron chi connectivity index (χ3n) is 17.9. The van der Waals surface area contributed by atoms with Gasteiger partial charge in [0.25, 0.3) is 0 Å². The molecule has 2 unspecified atom stereocenters. The summed E-state index contributed by atoms with van der Waals surface area (Å²) in [5.41, 5.74) is 0. The van der Waals surface area contributed by atoms with Gasteiger partial charge in [-0.1, -0.05) is 365 Å². The lowest BCUT2D eigenvalue weighted by Gasteiger charge is -2.22. The first-order chi connectivity index (χ1) is 41.5. The molecule has 3 N–H and O–H groups in total. The molecule has 0 aliphatic heterocycles. The van der Waals surface area contributed by atoms with E-state index in [-0.39, 0.29) is 18.5 Å². The van der Waals surface area contributed by atoms with Crippen LogP contribution < -0.4 is 5.32 Å². The molecule has 0 rings (SSSR count). The summed E-state index contributed by atoms with van der Waals surface area (Å²) in [4.78, 5) is 24.7. The Balaban J connectivity index is 3.37. The van der Waals surface area contributed by atoms with Gasteiger partial charge in [-0.25, -0.2) is 0 Å². The number of carbonyl (C=O) groups is 2. The lowest BCUT2D eigenvalue weighted by atomic mass is 10.0. The third kappa shape index (κ3) is 69.2. The normalized spacial score (nSPS) is 12.7. The maximum Gasteiger partial charge on any atom is 0.305 e. The Kier molecular flexibility index (Phi) is 71.9. The molecule has 6 heteroatoms. The highest BCUT2D eigenvalue weighted by Crippen LogP contribution is 2.19. The van der Waals surface area contributed by atoms with Crippen LogP contribution in [0.15, 0.2) is 36.5 Å². The quantitative estimate of drug-likeness (QED) is 0.0320. The van der Waals surface area contributed by atoms with E-state index in [9.17, 15) is 19.8 Å². The molecule has 0 heterocycles. The third-order valence-corrected chi connectivity index (χ3v) is 17.9. The number of esters is 1. The van der Waals surface area contributed by atoms with Gasteiger partial charge in [-0.3, -0.25) is 9.59 Å². The summed E-state index contributed by atoms with van der Waals surface area (Å²) >= 11 is 0. The largest absolute Gasteiger partial charge is 0.466 e. The minimum Gasteiger partial charge on any atom is -0.466 e. The number of carbonyl (C=O) groups excluding carboxylic acids is 2. The van der Waals surface area contributed by atoms with Crippen LogP contribution in [0.4, 0.5) is 0 Å². The van der Waals surface area contributed by atoms with Crippen molar-refractivity contribution < 1.29 is 24.5 Å². The van der Waals surface area contributed by atoms with Gasteiger partial charge in [-0.15, -0.1) is 0 Å². The number of rotatable bonds is 72. The van der Waals surface area contributed by atoms with E-state index in [2.05, 4.69) is 55.6 Å². The molecular weight excluding hydrogens is 1030 g/mol. The molecule has 0 fully saturated rings. The van der Waals surface area contributed by atoms with Gasteiger partial charge in [0.2, 0.25) is 5.91 Å². The van der Waals surface area contributed by atoms with Crippen LogP contribution in [0.25, 0.3) is 0 Å². The Morgan fingerprint density at radius 1 is 0.333 bits per heavy atom. The second kappa shape index (κ2) is 73.5. The van der Waals surface area contributed by atoms with Gasteiger partial charge in [0.15, 0.2) is 0 Å². The number of aliphatic hydroxyl groups excluding tert-OH is 2. The molecule has 0 aromatic carbocycles. The summed E-state index contributed by atoms with van der Waals surface area (Å²) in [7, 11) is 0. The summed E-state index contributed by atoms with van der Waals surface area (Å²) in [5.74, 6) is -0.0199. The highest BCUT2D eigenvalue weighted by atomic mass is 16.5. The predicted octanol–water partition coefficient (Wildman–Crippen LogP) is 25.0. The standard InChI is InChI=1S/C78H149NO5/c1-3-5-7-9-11-13-15-17-19-21-23-35-38-42-46-50-54-58-62-66-70-76(81)75(74-80)79-77(82)71-67-63-59-55-51-47-43-39-36-33-31-29-27-25-24-26-28-30-32-34-37-41-45-49-53-57-61-65-69-73-84-78(83)72-68-64-60-56-52-48-44-40-22-20-18-16-14-12-10-8-6-4-2/h14,16,20,22,24,26,75-76,80-81H,3-13,15,17-19,21,23,25,27-74H2,1-2H3,(H,79,82)/b16-14-,22-20-,26-24-. The van der Waals surface area contributed by atoms with Gasteiger partial charge in [-0.05, 0) is 83.5 Å². The fourth-order valence-electron chi connectivity index (χ4n) is 12.1. The molecule has 6 nitrogen and oxygen atoms in total. The van der Waals surface area contributed by atoms with Crippen molar-refractivity contribution in [2.75, 3.05) is 13.2 Å². The Morgan fingerprint density at radius 3 is 0.929 bits per heavy atom. The Bertz CT molecular complexity index is 1360. The molecule has 0 bridgehead atoms. The van der Waals surface area contributed by atoms with E-state index in [1.54, 1.807) is 0 Å². The number of aliphatic hydroxyl groups is 2. The van der Waals surface area contributed by atoms with E-state index in [0.717, 1.165) is 51.4 Å². The molecule has 0 radical (unpaired) electrons. The number of unbranched alkanes of at least 4 members (excludes halogenated alkanes) is 55. The van der Waals surface area contributed by atoms with Crippen LogP contribution in [0.5, 0.6) is 0 Å². The van der Waals surface area contributed by atoms with Crippen molar-refractivity contribution >= 4 is 11.9 Å². The first-order valence-electron chi connectivity index (χ1n) is 38.2. The van der Waals surface area contributed by atoms with Gasteiger partial charge < -0.3 is 20.3 Å². The average Bonchev–Trinajstić information content (AvgIpc) is 3.51. The van der Waals surface area contributed by atoms with Gasteiger partial charge >= 0.3 is 5.97 Å². The predicted molar refractivity (Wildman–Crippen MR) is 370 cm³/mol. The summed E-state index contributed by atoms with van der Waals surface area (Å²) in [6, 6.07) is -0.542. The van der Waals surface area contributed by atoms with Crippen molar-refractivity contribution in [1.29, 1.82) is 0 Å². The van der Waals surface area contributed by atoms with Crippen LogP contribution in [0.3, 0.4) is 0 Å². The number of allylic oxidation sites excluding steroid dienone is 6. The maximum absolute atomic E-state index is 12.6. The second-order valence-corrected chi connectivity index (χ2v) is 26.3. The molecule has 0 spiro atoms. The molecule has 0 aromatic heterocycles. The van der Waals surface area contributed by atoms with Gasteiger partial charge in [0.1, 0.15) is 0 Å². The van der Waals surface area contributed by atoms with E-state index in [1.807, 2.05) is 0 Å². The van der Waals surface area contributed by atoms with Crippen LogP contribution in [0, 0.1) is 0 Å². The summed E-state index contributed by atoms with van der Waals surface area (Å²) in [6.45, 7) is 4.98. The van der Waals surface area contributed by atoms with Crippen molar-refractivity contribution in [1.82, 2.24) is 5.32 Å². The fourth-order valence-corrected chi connectivity index (χ4v) is 12.1. The molecule has 0 aromatic rings. The van der Waals surface area contributed by atoms with Crippen LogP contribution in [0.2, 0.25) is 0 Å². The SMILES string of the molecule is CCCCCC/C=C\C/C=C\CCCCCCCCCC(=O)OCCCCCCCCCCCCCC/C=C\CCCCCCCCCCCCCCCC(=O)NC(CO)C(O)CCCCCCCCCCCCCCCCCCCCCC. The van der Waals surface area contributed by atoms with Crippen LogP contribution in [-0.4, -0.2) is 47.4 Å². The van der Waals surface area contributed by atoms with Crippen molar-refractivity contribution in [3.05, 3.63) is 36.5 Å². The molecule has 0 saturated heterocycles. The monoisotopic (exact) mass is 1180 g/mol. The summed E-state index contributed by atoms with van der Waals surface area (Å²) < 4.78 is 5.50. The Hall–Kier alpha value is -1.92. The maximum atomic E-state index is 12.6. The van der Waals surface area contributed by atoms with E-state index >= 15 is 0 Å². The highest BCUT2D eigenvalue weighted by Gasteiger charge is 2.20. The number of ether oxygens (including phenoxy) is 1. The second-order valence-electron chi connectivity index (χ2n) is 26.3. The van der Waals surface area contributed by atoms with Crippen molar-refractivity contribution in [2.45, 2.75) is 437 Å². The highest BCUT2D eigenvalue weighted by molar-refractivity contribution is 5.76. The zero-order valence-electron chi connectivity index (χ0n) is 56.9. The van der Waals surface area contributed by atoms with Gasteiger partial charge in [-0.2, -0.15) is 0 Å². The lowest BCUT2D eigenvalue weighted by molar-refractivity contribution is -0.143. The first kappa shape index (κ1) is 82.1. The number of amides is 1. The minimum absolute atomic E-state index is 0.00989. The van der Waals surface area contributed by atoms with Crippen molar-refractivity contribution in [3.63, 3.8) is 0 Å². The Morgan fingerprint density at radius 2 is 0.595 bits per heavy atom. The fraction of sp³-hybridized carbons (Fsp3) is 0.897. The molecule has 2 atom stereocenters. The van der Waals surface area contributed by atoms with E-state index in [0.29, 0.717) is 25.9 Å². The van der Waals surface area contributed by atoms with E-state index in [4.69, 9.17) is 4.74 Å². The summed E-state index contributed by atoms with van der Waals surface area (Å²) in [6.07, 6.45) is 95.0. The van der Waals surface area contributed by atoms with Crippen LogP contribution in [0.1, 0.15) is 425 Å². The topological polar surface area (TPSA) is 95.9 Å². The van der Waals surface area contributed by atoms with Crippen molar-refractivity contribution in [3.8, 4) is 0 Å². The lowest BCUT2D eigenvalue weighted by Crippen LogP contribution is -2.45. The van der Waals surface area contributed by atoms with E-state index in [1.165, 1.54) is 340 Å². The van der Waals surface area contributed by atoms with E-state index < -0.39 is 12.1 Å². The molecular formula is C78H149NO5. The molecule has 0 aliphatic rings. The molecule has 1 amide bonds. The number of hydrogen-bond acceptors (Lipinski definition) is 5. The Labute approximate surface area is 525 Å². The van der Waals surface area contributed by atoms with Crippen LogP contribution in [-0.2, 0) is 14.3 Å². The zero-order valence-corrected chi connectivity index (χ0v) is 56.9. The van der Waals surface area contributed by atoms with Gasteiger partial charge in [0.05, 0.1) is 25.4 Å². The zero-order chi connectivity index (χ0) is 60.6. The number of hydrogen-bond donors (Lipinski definition) is 3. The van der Waals surface area contributed by atoms with Crippen molar-refractivity contribution in [2.24, 2.45) is 0 Å².